The summed E-state index contributed by atoms with van der Waals surface area (Å²) in [4.78, 5) is 11.2. The molecule has 24 heavy (non-hydrogen) atoms. The zero-order valence-corrected chi connectivity index (χ0v) is 14.5. The molecule has 0 fully saturated rings. The first kappa shape index (κ1) is 18.3. The van der Waals surface area contributed by atoms with Crippen LogP contribution in [0.15, 0.2) is 53.4 Å². The van der Waals surface area contributed by atoms with Crippen molar-refractivity contribution in [1.82, 2.24) is 10.0 Å². The van der Waals surface area contributed by atoms with E-state index in [1.165, 1.54) is 31.3 Å². The second-order valence-corrected chi connectivity index (χ2v) is 7.00. The molecular weight excluding hydrogens is 352 g/mol. The number of carbonyl (C=O) groups is 1. The van der Waals surface area contributed by atoms with Crippen molar-refractivity contribution in [3.63, 3.8) is 0 Å². The molecule has 0 saturated heterocycles. The van der Waals surface area contributed by atoms with Gasteiger partial charge in [-0.2, -0.15) is 0 Å². The maximum atomic E-state index is 12.1. The molecule has 0 aliphatic carbocycles. The fourth-order valence-electron chi connectivity index (χ4n) is 1.85. The van der Waals surface area contributed by atoms with Gasteiger partial charge < -0.3 is 10.1 Å². The Morgan fingerprint density at radius 2 is 1.79 bits per heavy atom. The zero-order chi connectivity index (χ0) is 17.6. The number of sulfonamides is 1. The lowest BCUT2D eigenvalue weighted by Crippen LogP contribution is -2.29. The molecule has 0 saturated carbocycles. The quantitative estimate of drug-likeness (QED) is 0.786. The van der Waals surface area contributed by atoms with Gasteiger partial charge in [0.05, 0.1) is 9.92 Å². The van der Waals surface area contributed by atoms with Crippen molar-refractivity contribution in [3.05, 3.63) is 53.6 Å². The van der Waals surface area contributed by atoms with E-state index in [9.17, 15) is 13.2 Å². The van der Waals surface area contributed by atoms with E-state index in [2.05, 4.69) is 10.0 Å². The molecule has 2 N–H and O–H groups in total. The van der Waals surface area contributed by atoms with Gasteiger partial charge in [0.2, 0.25) is 15.9 Å². The van der Waals surface area contributed by atoms with Crippen LogP contribution in [0.25, 0.3) is 0 Å². The van der Waals surface area contributed by atoms with E-state index in [1.54, 1.807) is 24.3 Å². The Balaban J connectivity index is 2.03. The minimum atomic E-state index is -3.67. The molecule has 128 valence electrons. The lowest BCUT2D eigenvalue weighted by atomic mass is 10.3. The highest BCUT2D eigenvalue weighted by molar-refractivity contribution is 7.89. The lowest BCUT2D eigenvalue weighted by Gasteiger charge is -2.09. The fraction of sp³-hybridized carbons (Fsp3) is 0.188. The van der Waals surface area contributed by atoms with Gasteiger partial charge in [0.15, 0.2) is 0 Å². The Labute approximate surface area is 145 Å². The normalized spacial score (nSPS) is 11.1. The Bertz CT molecular complexity index is 807. The van der Waals surface area contributed by atoms with Crippen LogP contribution in [0.3, 0.4) is 0 Å². The van der Waals surface area contributed by atoms with Crippen LogP contribution < -0.4 is 14.8 Å². The molecule has 0 radical (unpaired) electrons. The number of rotatable bonds is 7. The number of halogens is 1. The molecule has 0 heterocycles. The maximum absolute atomic E-state index is 12.1. The molecule has 8 heteroatoms. The molecule has 0 bridgehead atoms. The van der Waals surface area contributed by atoms with Crippen LogP contribution in [0.1, 0.15) is 6.42 Å². The third-order valence-electron chi connectivity index (χ3n) is 3.12. The highest BCUT2D eigenvalue weighted by Crippen LogP contribution is 2.29. The average Bonchev–Trinajstić information content (AvgIpc) is 2.57. The number of amides is 1. The van der Waals surface area contributed by atoms with Gasteiger partial charge in [0.25, 0.3) is 0 Å². The average molecular weight is 369 g/mol. The van der Waals surface area contributed by atoms with Crippen LogP contribution in [-0.4, -0.2) is 27.9 Å². The zero-order valence-electron chi connectivity index (χ0n) is 13.0. The highest BCUT2D eigenvalue weighted by Gasteiger charge is 2.14. The lowest BCUT2D eigenvalue weighted by molar-refractivity contribution is -0.120. The third-order valence-corrected chi connectivity index (χ3v) is 4.91. The summed E-state index contributed by atoms with van der Waals surface area (Å²) in [5.74, 6) is 0.715. The number of hydrogen-bond acceptors (Lipinski definition) is 4. The van der Waals surface area contributed by atoms with E-state index in [1.807, 2.05) is 0 Å². The van der Waals surface area contributed by atoms with E-state index in [0.29, 0.717) is 16.5 Å². The van der Waals surface area contributed by atoms with E-state index in [-0.39, 0.29) is 23.8 Å². The fourth-order valence-corrected chi connectivity index (χ4v) is 3.05. The summed E-state index contributed by atoms with van der Waals surface area (Å²) in [6, 6.07) is 12.9. The first-order valence-corrected chi connectivity index (χ1v) is 9.01. The van der Waals surface area contributed by atoms with Crippen LogP contribution >= 0.6 is 11.6 Å². The molecule has 0 atom stereocenters. The molecule has 6 nitrogen and oxygen atoms in total. The van der Waals surface area contributed by atoms with Crippen LogP contribution in [0, 0.1) is 0 Å². The first-order chi connectivity index (χ1) is 11.4. The van der Waals surface area contributed by atoms with Gasteiger partial charge in [0, 0.05) is 20.0 Å². The molecule has 2 aromatic carbocycles. The summed E-state index contributed by atoms with van der Waals surface area (Å²) >= 11 is 6.01. The molecule has 2 rings (SSSR count). The number of carbonyl (C=O) groups excluding carboxylic acids is 1. The predicted molar refractivity (Wildman–Crippen MR) is 91.8 cm³/mol. The molecule has 0 aromatic heterocycles. The van der Waals surface area contributed by atoms with Crippen molar-refractivity contribution in [2.45, 2.75) is 11.3 Å². The summed E-state index contributed by atoms with van der Waals surface area (Å²) in [6.45, 7) is 0.0277. The number of benzene rings is 2. The van der Waals surface area contributed by atoms with Gasteiger partial charge in [0.1, 0.15) is 11.5 Å². The van der Waals surface area contributed by atoms with Gasteiger partial charge in [-0.25, -0.2) is 13.1 Å². The SMILES string of the molecule is CNC(=O)CCNS(=O)(=O)c1ccc(Oc2ccccc2Cl)cc1. The smallest absolute Gasteiger partial charge is 0.240 e. The van der Waals surface area contributed by atoms with Crippen LogP contribution in [0.4, 0.5) is 0 Å². The number of ether oxygens (including phenoxy) is 1. The van der Waals surface area contributed by atoms with E-state index >= 15 is 0 Å². The largest absolute Gasteiger partial charge is 0.456 e. The second-order valence-electron chi connectivity index (χ2n) is 4.82. The third kappa shape index (κ3) is 4.95. The Kier molecular flexibility index (Phi) is 6.19. The molecular formula is C16H17ClN2O4S. The second kappa shape index (κ2) is 8.14. The van der Waals surface area contributed by atoms with Crippen molar-refractivity contribution in [3.8, 4) is 11.5 Å². The van der Waals surface area contributed by atoms with Gasteiger partial charge in [-0.05, 0) is 36.4 Å². The summed E-state index contributed by atoms with van der Waals surface area (Å²) < 4.78 is 32.2. The predicted octanol–water partition coefficient (Wildman–Crippen LogP) is 2.55. The molecule has 0 spiro atoms. The Morgan fingerprint density at radius 1 is 1.12 bits per heavy atom. The molecule has 2 aromatic rings. The van der Waals surface area contributed by atoms with Crippen LogP contribution in [-0.2, 0) is 14.8 Å². The van der Waals surface area contributed by atoms with Crippen molar-refractivity contribution >= 4 is 27.5 Å². The number of nitrogens with one attached hydrogen (secondary N) is 2. The minimum absolute atomic E-state index is 0.0277. The topological polar surface area (TPSA) is 84.5 Å². The Hall–Kier alpha value is -2.09. The van der Waals surface area contributed by atoms with E-state index < -0.39 is 10.0 Å². The van der Waals surface area contributed by atoms with Crippen molar-refractivity contribution < 1.29 is 17.9 Å². The van der Waals surface area contributed by atoms with Crippen molar-refractivity contribution in [2.75, 3.05) is 13.6 Å². The van der Waals surface area contributed by atoms with Crippen LogP contribution in [0.2, 0.25) is 5.02 Å². The van der Waals surface area contributed by atoms with Gasteiger partial charge in [-0.15, -0.1) is 0 Å². The van der Waals surface area contributed by atoms with Crippen LogP contribution in [0.5, 0.6) is 11.5 Å². The van der Waals surface area contributed by atoms with Gasteiger partial charge in [-0.1, -0.05) is 23.7 Å². The maximum Gasteiger partial charge on any atom is 0.240 e. The molecule has 0 aliphatic heterocycles. The molecule has 0 unspecified atom stereocenters. The van der Waals surface area contributed by atoms with E-state index in [0.717, 1.165) is 0 Å². The first-order valence-electron chi connectivity index (χ1n) is 7.15. The standard InChI is InChI=1S/C16H17ClN2O4S/c1-18-16(20)10-11-19-24(21,22)13-8-6-12(7-9-13)23-15-5-3-2-4-14(15)17/h2-9,19H,10-11H2,1H3,(H,18,20). The van der Waals surface area contributed by atoms with Gasteiger partial charge >= 0.3 is 0 Å². The summed E-state index contributed by atoms with van der Waals surface area (Å²) in [5.41, 5.74) is 0. The summed E-state index contributed by atoms with van der Waals surface area (Å²) in [5, 5.41) is 2.89. The van der Waals surface area contributed by atoms with Gasteiger partial charge in [-0.3, -0.25) is 4.79 Å². The monoisotopic (exact) mass is 368 g/mol. The highest BCUT2D eigenvalue weighted by atomic mass is 35.5. The van der Waals surface area contributed by atoms with E-state index in [4.69, 9.17) is 16.3 Å². The van der Waals surface area contributed by atoms with Crippen molar-refractivity contribution in [2.24, 2.45) is 0 Å². The summed E-state index contributed by atoms with van der Waals surface area (Å²) in [7, 11) is -2.18. The number of hydrogen-bond donors (Lipinski definition) is 2. The van der Waals surface area contributed by atoms with Crippen molar-refractivity contribution in [1.29, 1.82) is 0 Å². The molecule has 0 aliphatic rings. The number of para-hydroxylation sites is 1. The minimum Gasteiger partial charge on any atom is -0.456 e. The molecule has 1 amide bonds. The Morgan fingerprint density at radius 3 is 2.42 bits per heavy atom. The summed E-state index contributed by atoms with van der Waals surface area (Å²) in [6.07, 6.45) is 0.0728.